The molecule has 0 spiro atoms. The molecule has 2 saturated heterocycles. The van der Waals surface area contributed by atoms with Gasteiger partial charge in [0.15, 0.2) is 11.2 Å². The molecule has 9 atom stereocenters. The molecule has 3 heterocycles. The molecule has 0 aliphatic carbocycles. The number of methoxy groups -OCH3 is 2. The van der Waals surface area contributed by atoms with Gasteiger partial charge in [-0.1, -0.05) is 11.6 Å². The molecule has 2 fully saturated rings. The molecule has 2 aliphatic rings. The molecule has 6 N–H and O–H groups in total. The van der Waals surface area contributed by atoms with Crippen LogP contribution in [0.2, 0.25) is 0 Å². The van der Waals surface area contributed by atoms with Crippen molar-refractivity contribution in [3.8, 4) is 23.0 Å². The number of aromatic amines is 1. The van der Waals surface area contributed by atoms with Gasteiger partial charge < -0.3 is 53.5 Å². The normalized spacial score (nSPS) is 31.4. The first-order chi connectivity index (χ1) is 23.6. The van der Waals surface area contributed by atoms with Gasteiger partial charge in [-0.3, -0.25) is 18.9 Å². The van der Waals surface area contributed by atoms with Crippen molar-refractivity contribution < 1.29 is 66.8 Å². The van der Waals surface area contributed by atoms with Crippen molar-refractivity contribution in [2.24, 2.45) is 0 Å². The third-order valence-electron chi connectivity index (χ3n) is 8.11. The van der Waals surface area contributed by atoms with E-state index in [0.29, 0.717) is 22.3 Å². The summed E-state index contributed by atoms with van der Waals surface area (Å²) in [6.45, 7) is -5.64. The Balaban J connectivity index is 1.58. The van der Waals surface area contributed by atoms with Gasteiger partial charge in [0.05, 0.1) is 20.8 Å². The average molecular weight is 769 g/mol. The van der Waals surface area contributed by atoms with Crippen molar-refractivity contribution in [1.82, 2.24) is 9.55 Å². The van der Waals surface area contributed by atoms with Gasteiger partial charge in [-0.2, -0.15) is 0 Å². The number of ether oxygens (including phenoxy) is 4. The Hall–Kier alpha value is -3.20. The summed E-state index contributed by atoms with van der Waals surface area (Å²) in [5.74, 6) is 0.979. The number of nitrogens with one attached hydrogen (secondary N) is 1. The lowest BCUT2D eigenvalue weighted by atomic mass is 9.86. The standard InChI is InChI=1S/C29H32ClF2N2O14PS/c1-42-14-3-7-16(8-4-14)46-49(50,47-17-9-5-15(43-2)6-10-17)44-13-28(26(31)32)22(39)23(40)29(48-28,34-12-11-18(35)33-27(34)41)24-20(37)19(36)21(38)25(30)45-24/h3-12,19-26,36-40H,13H2,1-2H3,(H,33,35,41)/t19-,20-,21+,22+,23-,24?,25?,28-,29+/m1/s1. The van der Waals surface area contributed by atoms with Gasteiger partial charge in [-0.05, 0) is 48.5 Å². The van der Waals surface area contributed by atoms with Crippen LogP contribution < -0.4 is 29.8 Å². The van der Waals surface area contributed by atoms with E-state index in [-0.39, 0.29) is 11.5 Å². The Morgan fingerprint density at radius 2 is 1.40 bits per heavy atom. The van der Waals surface area contributed by atoms with Crippen LogP contribution in [0.1, 0.15) is 0 Å². The largest absolute Gasteiger partial charge is 0.497 e. The molecule has 2 aliphatic heterocycles. The van der Waals surface area contributed by atoms with Gasteiger partial charge in [0.1, 0.15) is 59.6 Å². The summed E-state index contributed by atoms with van der Waals surface area (Å²) in [5, 5.41) is 54.6. The molecule has 50 heavy (non-hydrogen) atoms. The zero-order chi connectivity index (χ0) is 36.6. The molecular weight excluding hydrogens is 737 g/mol. The lowest BCUT2D eigenvalue weighted by molar-refractivity contribution is -0.315. The molecule has 5 rings (SSSR count). The van der Waals surface area contributed by atoms with Crippen LogP contribution in [-0.2, 0) is 31.5 Å². The fourth-order valence-corrected chi connectivity index (χ4v) is 7.68. The third kappa shape index (κ3) is 7.00. The maximum Gasteiger partial charge on any atom is 0.435 e. The fraction of sp³-hybridized carbons (Fsp3) is 0.448. The van der Waals surface area contributed by atoms with Crippen LogP contribution in [0, 0.1) is 0 Å². The summed E-state index contributed by atoms with van der Waals surface area (Å²) in [6, 6.07) is 12.5. The van der Waals surface area contributed by atoms with Crippen LogP contribution in [0.3, 0.4) is 0 Å². The number of H-pyrrole nitrogens is 1. The predicted molar refractivity (Wildman–Crippen MR) is 171 cm³/mol. The second-order valence-electron chi connectivity index (χ2n) is 11.1. The molecule has 0 bridgehead atoms. The topological polar surface area (TPSA) is 221 Å². The van der Waals surface area contributed by atoms with E-state index in [1.165, 1.54) is 62.8 Å². The van der Waals surface area contributed by atoms with Crippen LogP contribution in [0.4, 0.5) is 8.78 Å². The molecule has 274 valence electrons. The highest BCUT2D eigenvalue weighted by atomic mass is 35.5. The van der Waals surface area contributed by atoms with E-state index >= 15 is 8.78 Å². The molecule has 3 aromatic rings. The minimum Gasteiger partial charge on any atom is -0.497 e. The van der Waals surface area contributed by atoms with Crippen molar-refractivity contribution >= 4 is 30.1 Å². The van der Waals surface area contributed by atoms with E-state index < -0.39 is 84.5 Å². The van der Waals surface area contributed by atoms with Gasteiger partial charge in [0, 0.05) is 24.1 Å². The second-order valence-corrected chi connectivity index (χ2v) is 14.4. The molecule has 2 aromatic carbocycles. The highest BCUT2D eigenvalue weighted by Gasteiger charge is 2.73. The number of hydrogen-bond acceptors (Lipinski definition) is 15. The Kier molecular flexibility index (Phi) is 11.3. The van der Waals surface area contributed by atoms with Crippen LogP contribution in [0.5, 0.6) is 23.0 Å². The van der Waals surface area contributed by atoms with E-state index in [4.69, 9.17) is 55.9 Å². The van der Waals surface area contributed by atoms with Gasteiger partial charge in [0.25, 0.3) is 12.0 Å². The Morgan fingerprint density at radius 1 is 0.880 bits per heavy atom. The fourth-order valence-electron chi connectivity index (χ4n) is 5.48. The molecule has 1 aromatic heterocycles. The molecule has 2 unspecified atom stereocenters. The van der Waals surface area contributed by atoms with E-state index in [1.54, 1.807) is 0 Å². The molecule has 21 heteroatoms. The number of rotatable bonds is 12. The number of aromatic nitrogens is 2. The van der Waals surface area contributed by atoms with Crippen LogP contribution in [0.15, 0.2) is 70.4 Å². The van der Waals surface area contributed by atoms with Crippen molar-refractivity contribution in [3.05, 3.63) is 81.6 Å². The van der Waals surface area contributed by atoms with Gasteiger partial charge in [-0.25, -0.2) is 13.6 Å². The summed E-state index contributed by atoms with van der Waals surface area (Å²) in [4.78, 5) is 26.9. The van der Waals surface area contributed by atoms with Crippen LogP contribution >= 0.6 is 18.3 Å². The molecule has 0 radical (unpaired) electrons. The average Bonchev–Trinajstić information content (AvgIpc) is 3.32. The van der Waals surface area contributed by atoms with Crippen molar-refractivity contribution in [2.75, 3.05) is 20.8 Å². The number of nitrogens with zero attached hydrogens (tertiary/aromatic N) is 1. The van der Waals surface area contributed by atoms with Gasteiger partial charge in [0.2, 0.25) is 5.72 Å². The number of hydrogen-bond donors (Lipinski definition) is 6. The first-order valence-electron chi connectivity index (χ1n) is 14.5. The summed E-state index contributed by atoms with van der Waals surface area (Å²) in [7, 11) is 2.85. The summed E-state index contributed by atoms with van der Waals surface area (Å²) < 4.78 is 70.0. The summed E-state index contributed by atoms with van der Waals surface area (Å²) >= 11 is 11.6. The summed E-state index contributed by atoms with van der Waals surface area (Å²) in [5.41, 5.74) is -10.6. The Bertz CT molecular complexity index is 1750. The van der Waals surface area contributed by atoms with Crippen LogP contribution in [-0.4, -0.2) is 110 Å². The van der Waals surface area contributed by atoms with Crippen molar-refractivity contribution in [3.63, 3.8) is 0 Å². The molecule has 16 nitrogen and oxygen atoms in total. The van der Waals surface area contributed by atoms with E-state index in [1.807, 2.05) is 4.98 Å². The lowest BCUT2D eigenvalue weighted by Crippen LogP contribution is -2.68. The number of alkyl halides is 3. The number of aliphatic hydroxyl groups is 5. The van der Waals surface area contributed by atoms with Crippen molar-refractivity contribution in [1.29, 1.82) is 0 Å². The third-order valence-corrected chi connectivity index (χ3v) is 10.5. The van der Waals surface area contributed by atoms with E-state index in [0.717, 1.165) is 6.07 Å². The lowest BCUT2D eigenvalue weighted by Gasteiger charge is -2.48. The highest BCUT2D eigenvalue weighted by molar-refractivity contribution is 8.07. The number of halogens is 3. The smallest absolute Gasteiger partial charge is 0.435 e. The maximum absolute atomic E-state index is 15.3. The van der Waals surface area contributed by atoms with E-state index in [2.05, 4.69) is 0 Å². The first kappa shape index (κ1) is 38.0. The first-order valence-corrected chi connectivity index (χ1v) is 17.5. The Morgan fingerprint density at radius 3 is 1.88 bits per heavy atom. The minimum absolute atomic E-state index is 0.0511. The molecule has 0 amide bonds. The Labute approximate surface area is 291 Å². The summed E-state index contributed by atoms with van der Waals surface area (Å²) in [6.07, 6.45) is -17.0. The zero-order valence-corrected chi connectivity index (χ0v) is 28.4. The molecular formula is C29H32ClF2N2O14PS. The molecule has 0 saturated carbocycles. The second kappa shape index (κ2) is 14.8. The zero-order valence-electron chi connectivity index (χ0n) is 25.9. The number of benzene rings is 2. The van der Waals surface area contributed by atoms with Crippen molar-refractivity contribution in [2.45, 2.75) is 59.9 Å². The van der Waals surface area contributed by atoms with Gasteiger partial charge >= 0.3 is 12.4 Å². The van der Waals surface area contributed by atoms with E-state index in [9.17, 15) is 35.1 Å². The maximum atomic E-state index is 15.3. The SMILES string of the molecule is COc1ccc(OP(=S)(OC[C@@]2(C(F)F)O[C@@](C3OC(Cl)[C@@H](O)[C@H](O)[C@H]3O)(n3ccc(=O)[nH]c3=O)[C@H](O)[C@@H]2O)Oc2ccc(OC)cc2)cc1. The number of aliphatic hydroxyl groups excluding tert-OH is 5. The van der Waals surface area contributed by atoms with Crippen LogP contribution in [0.25, 0.3) is 0 Å². The quantitative estimate of drug-likeness (QED) is 0.109. The van der Waals surface area contributed by atoms with Gasteiger partial charge in [-0.15, -0.1) is 0 Å². The minimum atomic E-state index is -4.24. The monoisotopic (exact) mass is 768 g/mol. The highest BCUT2D eigenvalue weighted by Crippen LogP contribution is 2.55. The predicted octanol–water partition coefficient (Wildman–Crippen LogP) is 0.408.